The number of unbranched alkanes of at least 4 members (excludes halogenated alkanes) is 2. The lowest BCUT2D eigenvalue weighted by atomic mass is 10.2. The van der Waals surface area contributed by atoms with Crippen molar-refractivity contribution in [3.8, 4) is 11.8 Å². The molecule has 1 aromatic rings. The molecule has 1 aromatic heterocycles. The first-order chi connectivity index (χ1) is 8.04. The van der Waals surface area contributed by atoms with E-state index >= 15 is 0 Å². The molecule has 2 heteroatoms. The highest BCUT2D eigenvalue weighted by atomic mass is 32.1. The van der Waals surface area contributed by atoms with Gasteiger partial charge in [0.1, 0.15) is 0 Å². The summed E-state index contributed by atoms with van der Waals surface area (Å²) >= 11 is 1.72. The normalized spacial score (nSPS) is 12.1. The van der Waals surface area contributed by atoms with Crippen molar-refractivity contribution in [2.24, 2.45) is 0 Å². The summed E-state index contributed by atoms with van der Waals surface area (Å²) in [5.74, 6) is 6.70. The van der Waals surface area contributed by atoms with Crippen molar-refractivity contribution in [2.45, 2.75) is 45.8 Å². The van der Waals surface area contributed by atoms with Gasteiger partial charge in [-0.3, -0.25) is 0 Å². The molecule has 1 heterocycles. The molecule has 0 aliphatic heterocycles. The maximum Gasteiger partial charge on any atom is 0.0880 e. The lowest BCUT2D eigenvalue weighted by Gasteiger charge is -2.15. The zero-order chi connectivity index (χ0) is 12.7. The predicted octanol–water partition coefficient (Wildman–Crippen LogP) is 5.09. The van der Waals surface area contributed by atoms with Gasteiger partial charge in [-0.25, -0.2) is 0 Å². The summed E-state index contributed by atoms with van der Waals surface area (Å²) in [4.78, 5) is 1.17. The molecule has 92 valence electrons. The van der Waals surface area contributed by atoms with Gasteiger partial charge in [0.05, 0.1) is 13.0 Å². The molecule has 0 N–H and O–H groups in total. The van der Waals surface area contributed by atoms with Crippen molar-refractivity contribution in [1.29, 1.82) is 0 Å². The Morgan fingerprint density at radius 2 is 2.18 bits per heavy atom. The van der Waals surface area contributed by atoms with Crippen LogP contribution in [0.5, 0.6) is 0 Å². The smallest absolute Gasteiger partial charge is 0.0880 e. The number of rotatable bonds is 4. The van der Waals surface area contributed by atoms with Gasteiger partial charge < -0.3 is 0 Å². The van der Waals surface area contributed by atoms with Crippen molar-refractivity contribution >= 4 is 19.4 Å². The van der Waals surface area contributed by atoms with Crippen molar-refractivity contribution in [3.63, 3.8) is 0 Å². The molecule has 0 amide bonds. The number of thiophene rings is 1. The molecule has 0 nitrogen and oxygen atoms in total. The van der Waals surface area contributed by atoms with Gasteiger partial charge in [0.25, 0.3) is 0 Å². The third-order valence-electron chi connectivity index (χ3n) is 2.56. The summed E-state index contributed by atoms with van der Waals surface area (Å²) in [6, 6.07) is 4.15. The van der Waals surface area contributed by atoms with Crippen LogP contribution in [0.2, 0.25) is 19.6 Å². The van der Waals surface area contributed by atoms with Crippen LogP contribution in [0.15, 0.2) is 28.8 Å². The minimum Gasteiger partial charge on any atom is -0.135 e. The second kappa shape index (κ2) is 6.83. The Balaban J connectivity index is 2.81. The van der Waals surface area contributed by atoms with Crippen LogP contribution in [0.1, 0.15) is 31.1 Å². The maximum absolute atomic E-state index is 3.40. The molecule has 0 aliphatic rings. The van der Waals surface area contributed by atoms with E-state index in [1.54, 1.807) is 11.3 Å². The number of hydrogen-bond donors (Lipinski definition) is 0. The first-order valence-electron chi connectivity index (χ1n) is 6.30. The Labute approximate surface area is 111 Å². The fourth-order valence-corrected chi connectivity index (χ4v) is 3.24. The van der Waals surface area contributed by atoms with Crippen LogP contribution in [-0.4, -0.2) is 8.07 Å². The Bertz CT molecular complexity index is 410. The van der Waals surface area contributed by atoms with Gasteiger partial charge in [0, 0.05) is 0 Å². The van der Waals surface area contributed by atoms with E-state index in [9.17, 15) is 0 Å². The molecule has 1 rings (SSSR count). The zero-order valence-corrected chi connectivity index (χ0v) is 13.2. The molecular weight excluding hydrogens is 240 g/mol. The summed E-state index contributed by atoms with van der Waals surface area (Å²) in [6.45, 7) is 9.34. The van der Waals surface area contributed by atoms with Crippen LogP contribution >= 0.6 is 11.3 Å². The van der Waals surface area contributed by atoms with Crippen LogP contribution in [-0.2, 0) is 0 Å². The minimum absolute atomic E-state index is 1.17. The summed E-state index contributed by atoms with van der Waals surface area (Å²) < 4.78 is 0. The van der Waals surface area contributed by atoms with Gasteiger partial charge >= 0.3 is 0 Å². The first-order valence-corrected chi connectivity index (χ1v) is 10.7. The summed E-state index contributed by atoms with van der Waals surface area (Å²) in [5, 5.41) is 3.48. The van der Waals surface area contributed by atoms with Crippen LogP contribution < -0.4 is 0 Å². The second-order valence-corrected chi connectivity index (χ2v) is 11.2. The van der Waals surface area contributed by atoms with Gasteiger partial charge in [-0.1, -0.05) is 63.4 Å². The van der Waals surface area contributed by atoms with E-state index < -0.39 is 8.07 Å². The van der Waals surface area contributed by atoms with Crippen LogP contribution in [0.4, 0.5) is 0 Å². The van der Waals surface area contributed by atoms with E-state index in [1.807, 2.05) is 0 Å². The van der Waals surface area contributed by atoms with Crippen LogP contribution in [0.3, 0.4) is 0 Å². The van der Waals surface area contributed by atoms with Gasteiger partial charge in [0.2, 0.25) is 0 Å². The Morgan fingerprint density at radius 3 is 2.71 bits per heavy atom. The third kappa shape index (κ3) is 5.39. The lowest BCUT2D eigenvalue weighted by molar-refractivity contribution is 0.814. The molecule has 0 fully saturated rings. The fraction of sp³-hybridized carbons (Fsp3) is 0.467. The Morgan fingerprint density at radius 1 is 1.41 bits per heavy atom. The van der Waals surface area contributed by atoms with Gasteiger partial charge in [-0.2, -0.15) is 0 Å². The lowest BCUT2D eigenvalue weighted by Crippen LogP contribution is -2.23. The topological polar surface area (TPSA) is 0 Å². The van der Waals surface area contributed by atoms with Gasteiger partial charge in [-0.05, 0) is 23.1 Å². The SMILES string of the molecule is CCCC/C=C(/C#Cc1cccs1)[Si](C)(C)C. The predicted molar refractivity (Wildman–Crippen MR) is 82.2 cm³/mol. The van der Waals surface area contributed by atoms with E-state index in [4.69, 9.17) is 0 Å². The number of hydrogen-bond acceptors (Lipinski definition) is 1. The summed E-state index contributed by atoms with van der Waals surface area (Å²) in [6.07, 6.45) is 6.08. The van der Waals surface area contributed by atoms with E-state index in [0.717, 1.165) is 0 Å². The van der Waals surface area contributed by atoms with E-state index in [1.165, 1.54) is 29.3 Å². The van der Waals surface area contributed by atoms with E-state index in [-0.39, 0.29) is 0 Å². The molecule has 0 spiro atoms. The van der Waals surface area contributed by atoms with Crippen LogP contribution in [0.25, 0.3) is 0 Å². The average molecular weight is 262 g/mol. The van der Waals surface area contributed by atoms with Crippen molar-refractivity contribution < 1.29 is 0 Å². The van der Waals surface area contributed by atoms with Crippen LogP contribution in [0, 0.1) is 11.8 Å². The highest BCUT2D eigenvalue weighted by Crippen LogP contribution is 2.16. The molecule has 0 atom stereocenters. The Hall–Kier alpha value is -0.783. The van der Waals surface area contributed by atoms with E-state index in [0.29, 0.717) is 0 Å². The fourth-order valence-electron chi connectivity index (χ4n) is 1.47. The maximum atomic E-state index is 3.40. The molecular formula is C15H22SSi. The average Bonchev–Trinajstić information content (AvgIpc) is 2.74. The van der Waals surface area contributed by atoms with Crippen molar-refractivity contribution in [3.05, 3.63) is 33.7 Å². The molecule has 0 bridgehead atoms. The molecule has 0 saturated carbocycles. The summed E-state index contributed by atoms with van der Waals surface area (Å²) in [7, 11) is -1.28. The minimum atomic E-state index is -1.28. The summed E-state index contributed by atoms with van der Waals surface area (Å²) in [5.41, 5.74) is 0. The Kier molecular flexibility index (Phi) is 5.74. The molecule has 0 aromatic carbocycles. The van der Waals surface area contributed by atoms with Crippen molar-refractivity contribution in [2.75, 3.05) is 0 Å². The molecule has 0 radical (unpaired) electrons. The zero-order valence-electron chi connectivity index (χ0n) is 11.3. The second-order valence-electron chi connectivity index (χ2n) is 5.24. The van der Waals surface area contributed by atoms with Gasteiger partial charge in [-0.15, -0.1) is 11.3 Å². The molecule has 0 aliphatic carbocycles. The quantitative estimate of drug-likeness (QED) is 0.402. The monoisotopic (exact) mass is 262 g/mol. The highest BCUT2D eigenvalue weighted by Gasteiger charge is 2.17. The molecule has 0 saturated heterocycles. The van der Waals surface area contributed by atoms with Gasteiger partial charge in [0.15, 0.2) is 0 Å². The van der Waals surface area contributed by atoms with E-state index in [2.05, 4.69) is 62.0 Å². The highest BCUT2D eigenvalue weighted by molar-refractivity contribution is 7.10. The standard InChI is InChI=1S/C15H22SSi/c1-5-6-7-10-15(17(2,3)4)12-11-14-9-8-13-16-14/h8-10,13H,5-7H2,1-4H3/b15-10-. The number of allylic oxidation sites excluding steroid dienone is 2. The third-order valence-corrected chi connectivity index (χ3v) is 5.29. The molecule has 17 heavy (non-hydrogen) atoms. The largest absolute Gasteiger partial charge is 0.135 e. The molecule has 0 unspecified atom stereocenters. The first kappa shape index (κ1) is 14.3. The van der Waals surface area contributed by atoms with Crippen molar-refractivity contribution in [1.82, 2.24) is 0 Å².